The zero-order valence-corrected chi connectivity index (χ0v) is 7.84. The van der Waals surface area contributed by atoms with Crippen LogP contribution in [0.4, 0.5) is 0 Å². The van der Waals surface area contributed by atoms with Gasteiger partial charge in [0.25, 0.3) is 0 Å². The lowest BCUT2D eigenvalue weighted by Gasteiger charge is -2.13. The zero-order valence-electron chi connectivity index (χ0n) is 6.25. The molecule has 0 aliphatic heterocycles. The molecule has 1 amide bonds. The van der Waals surface area contributed by atoms with Gasteiger partial charge in [0.05, 0.1) is 24.1 Å². The average molecular weight is 226 g/mol. The number of aliphatic hydroxyl groups is 2. The summed E-state index contributed by atoms with van der Waals surface area (Å²) in [4.78, 5) is 10.6. The van der Waals surface area contributed by atoms with Gasteiger partial charge in [-0.1, -0.05) is 15.9 Å². The molecule has 0 saturated carbocycles. The van der Waals surface area contributed by atoms with Crippen LogP contribution in [0.15, 0.2) is 0 Å². The molecule has 1 unspecified atom stereocenters. The maximum atomic E-state index is 10.9. The van der Waals surface area contributed by atoms with E-state index in [9.17, 15) is 4.79 Å². The summed E-state index contributed by atoms with van der Waals surface area (Å²) in [5, 5.41) is 19.6. The van der Waals surface area contributed by atoms with E-state index in [1.54, 1.807) is 6.92 Å². The highest BCUT2D eigenvalue weighted by Crippen LogP contribution is 1.96. The van der Waals surface area contributed by atoms with Gasteiger partial charge in [-0.25, -0.2) is 0 Å². The summed E-state index contributed by atoms with van der Waals surface area (Å²) in [6.07, 6.45) is 0. The van der Waals surface area contributed by atoms with Gasteiger partial charge in [0.15, 0.2) is 0 Å². The van der Waals surface area contributed by atoms with E-state index >= 15 is 0 Å². The molecule has 0 bridgehead atoms. The average Bonchev–Trinajstić information content (AvgIpc) is 1.99. The second kappa shape index (κ2) is 5.51. The maximum Gasteiger partial charge on any atom is 0.233 e. The van der Waals surface area contributed by atoms with Crippen LogP contribution in [-0.4, -0.2) is 40.2 Å². The van der Waals surface area contributed by atoms with E-state index in [-0.39, 0.29) is 23.9 Å². The van der Waals surface area contributed by atoms with E-state index in [1.165, 1.54) is 0 Å². The normalized spacial score (nSPS) is 13.2. The van der Waals surface area contributed by atoms with Crippen LogP contribution in [0.2, 0.25) is 0 Å². The Morgan fingerprint density at radius 2 is 2.00 bits per heavy atom. The highest BCUT2D eigenvalue weighted by Gasteiger charge is 2.13. The number of carbonyl (C=O) groups excluding carboxylic acids is 1. The molecule has 0 aromatic carbocycles. The van der Waals surface area contributed by atoms with Crippen molar-refractivity contribution in [3.8, 4) is 0 Å². The van der Waals surface area contributed by atoms with Gasteiger partial charge in [-0.15, -0.1) is 0 Å². The summed E-state index contributed by atoms with van der Waals surface area (Å²) < 4.78 is 0. The van der Waals surface area contributed by atoms with Crippen molar-refractivity contribution in [3.05, 3.63) is 0 Å². The first-order valence-electron chi connectivity index (χ1n) is 3.28. The Bertz CT molecular complexity index is 125. The van der Waals surface area contributed by atoms with Crippen molar-refractivity contribution in [1.29, 1.82) is 0 Å². The third-order valence-electron chi connectivity index (χ3n) is 1.15. The number of alkyl halides is 1. The zero-order chi connectivity index (χ0) is 8.85. The topological polar surface area (TPSA) is 69.6 Å². The molecular weight excluding hydrogens is 214 g/mol. The molecule has 0 heterocycles. The summed E-state index contributed by atoms with van der Waals surface area (Å²) in [5.74, 6) is -0.238. The van der Waals surface area contributed by atoms with Gasteiger partial charge in [0, 0.05) is 0 Å². The van der Waals surface area contributed by atoms with Crippen LogP contribution in [-0.2, 0) is 4.79 Å². The van der Waals surface area contributed by atoms with Crippen LogP contribution in [0.3, 0.4) is 0 Å². The lowest BCUT2D eigenvalue weighted by molar-refractivity contribution is -0.121. The number of aliphatic hydroxyl groups excluding tert-OH is 2. The minimum Gasteiger partial charge on any atom is -0.394 e. The van der Waals surface area contributed by atoms with Gasteiger partial charge < -0.3 is 15.5 Å². The molecule has 0 aliphatic rings. The van der Waals surface area contributed by atoms with Gasteiger partial charge in [-0.05, 0) is 6.92 Å². The summed E-state index contributed by atoms with van der Waals surface area (Å²) >= 11 is 3.05. The lowest BCUT2D eigenvalue weighted by atomic mass is 10.3. The van der Waals surface area contributed by atoms with Crippen molar-refractivity contribution < 1.29 is 15.0 Å². The van der Waals surface area contributed by atoms with Gasteiger partial charge >= 0.3 is 0 Å². The molecule has 4 nitrogen and oxygen atoms in total. The Balaban J connectivity index is 3.72. The third kappa shape index (κ3) is 4.34. The minimum atomic E-state index is -0.553. The third-order valence-corrected chi connectivity index (χ3v) is 1.56. The highest BCUT2D eigenvalue weighted by atomic mass is 79.9. The fraction of sp³-hybridized carbons (Fsp3) is 0.833. The molecular formula is C6H12BrNO3. The van der Waals surface area contributed by atoms with Crippen LogP contribution < -0.4 is 5.32 Å². The second-order valence-corrected chi connectivity index (χ2v) is 3.56. The first-order chi connectivity index (χ1) is 5.11. The number of rotatable bonds is 4. The Morgan fingerprint density at radius 1 is 1.55 bits per heavy atom. The summed E-state index contributed by atoms with van der Waals surface area (Å²) in [6, 6.07) is -0.553. The van der Waals surface area contributed by atoms with E-state index in [4.69, 9.17) is 10.2 Å². The number of halogens is 1. The largest absolute Gasteiger partial charge is 0.394 e. The summed E-state index contributed by atoms with van der Waals surface area (Å²) in [6.45, 7) is 1.17. The maximum absolute atomic E-state index is 10.9. The number of hydrogen-bond donors (Lipinski definition) is 3. The van der Waals surface area contributed by atoms with E-state index < -0.39 is 6.04 Å². The Hall–Kier alpha value is -0.130. The quantitative estimate of drug-likeness (QED) is 0.552. The number of hydrogen-bond acceptors (Lipinski definition) is 3. The SMILES string of the molecule is CC(Br)C(=O)NC(CO)CO. The standard InChI is InChI=1S/C6H12BrNO3/c1-4(7)6(11)8-5(2-9)3-10/h4-5,9-10H,2-3H2,1H3,(H,8,11). The van der Waals surface area contributed by atoms with Crippen LogP contribution in [0, 0.1) is 0 Å². The Morgan fingerprint density at radius 3 is 2.27 bits per heavy atom. The predicted molar refractivity (Wildman–Crippen MR) is 44.5 cm³/mol. The van der Waals surface area contributed by atoms with Crippen molar-refractivity contribution in [3.63, 3.8) is 0 Å². The van der Waals surface area contributed by atoms with E-state index in [0.717, 1.165) is 0 Å². The van der Waals surface area contributed by atoms with Gasteiger partial charge in [0.1, 0.15) is 0 Å². The van der Waals surface area contributed by atoms with Crippen molar-refractivity contribution in [2.75, 3.05) is 13.2 Å². The molecule has 0 fully saturated rings. The molecule has 3 N–H and O–H groups in total. The fourth-order valence-electron chi connectivity index (χ4n) is 0.465. The molecule has 0 spiro atoms. The molecule has 0 aliphatic carbocycles. The van der Waals surface area contributed by atoms with Gasteiger partial charge in [0.2, 0.25) is 5.91 Å². The number of nitrogens with one attached hydrogen (secondary N) is 1. The second-order valence-electron chi connectivity index (χ2n) is 2.19. The molecule has 1 atom stereocenters. The lowest BCUT2D eigenvalue weighted by Crippen LogP contribution is -2.42. The van der Waals surface area contributed by atoms with Crippen molar-refractivity contribution in [2.45, 2.75) is 17.8 Å². The molecule has 66 valence electrons. The molecule has 0 rings (SSSR count). The molecule has 0 aromatic rings. The van der Waals surface area contributed by atoms with Crippen molar-refractivity contribution >= 4 is 21.8 Å². The Labute approximate surface area is 73.7 Å². The van der Waals surface area contributed by atoms with Gasteiger partial charge in [-0.2, -0.15) is 0 Å². The van der Waals surface area contributed by atoms with Gasteiger partial charge in [-0.3, -0.25) is 4.79 Å². The van der Waals surface area contributed by atoms with E-state index in [2.05, 4.69) is 21.2 Å². The van der Waals surface area contributed by atoms with Crippen LogP contribution >= 0.6 is 15.9 Å². The van der Waals surface area contributed by atoms with Crippen LogP contribution in [0.5, 0.6) is 0 Å². The first-order valence-corrected chi connectivity index (χ1v) is 4.19. The van der Waals surface area contributed by atoms with Crippen molar-refractivity contribution in [1.82, 2.24) is 5.32 Å². The highest BCUT2D eigenvalue weighted by molar-refractivity contribution is 9.10. The van der Waals surface area contributed by atoms with E-state index in [1.807, 2.05) is 0 Å². The van der Waals surface area contributed by atoms with Crippen LogP contribution in [0.25, 0.3) is 0 Å². The monoisotopic (exact) mass is 225 g/mol. The number of amides is 1. The molecule has 0 saturated heterocycles. The fourth-order valence-corrected chi connectivity index (χ4v) is 0.597. The summed E-state index contributed by atoms with van der Waals surface area (Å²) in [7, 11) is 0. The Kier molecular flexibility index (Phi) is 5.45. The van der Waals surface area contributed by atoms with Crippen LogP contribution in [0.1, 0.15) is 6.92 Å². The molecule has 11 heavy (non-hydrogen) atoms. The predicted octanol–water partition coefficient (Wildman–Crippen LogP) is -0.761. The molecule has 0 aromatic heterocycles. The molecule has 0 radical (unpaired) electrons. The smallest absolute Gasteiger partial charge is 0.233 e. The van der Waals surface area contributed by atoms with Crippen molar-refractivity contribution in [2.24, 2.45) is 0 Å². The number of carbonyl (C=O) groups is 1. The summed E-state index contributed by atoms with van der Waals surface area (Å²) in [5.41, 5.74) is 0. The first kappa shape index (κ1) is 10.9. The minimum absolute atomic E-state index is 0.238. The van der Waals surface area contributed by atoms with E-state index in [0.29, 0.717) is 0 Å². The molecule has 5 heteroatoms.